The average Bonchev–Trinajstić information content (AvgIpc) is 2.77. The number of benzene rings is 2. The lowest BCUT2D eigenvalue weighted by molar-refractivity contribution is -0.384. The Balaban J connectivity index is 2.51. The van der Waals surface area contributed by atoms with Gasteiger partial charge in [0.1, 0.15) is 12.6 Å². The lowest BCUT2D eigenvalue weighted by atomic mass is 10.1. The number of rotatable bonds is 10. The van der Waals surface area contributed by atoms with Crippen LogP contribution >= 0.6 is 11.6 Å². The zero-order valence-electron chi connectivity index (χ0n) is 19.3. The number of hydrogen-bond donors (Lipinski definition) is 1. The van der Waals surface area contributed by atoms with E-state index in [4.69, 9.17) is 11.6 Å². The largest absolute Gasteiger partial charge is 0.357 e. The van der Waals surface area contributed by atoms with Crippen molar-refractivity contribution in [1.82, 2.24) is 10.2 Å². The van der Waals surface area contributed by atoms with Crippen molar-refractivity contribution < 1.29 is 22.9 Å². The molecule has 0 bridgehead atoms. The van der Waals surface area contributed by atoms with Crippen molar-refractivity contribution in [2.24, 2.45) is 0 Å². The summed E-state index contributed by atoms with van der Waals surface area (Å²) in [6, 6.07) is 9.64. The maximum absolute atomic E-state index is 13.5. The normalized spacial score (nSPS) is 12.0. The second-order valence-electron chi connectivity index (χ2n) is 7.68. The predicted molar refractivity (Wildman–Crippen MR) is 130 cm³/mol. The molecule has 0 radical (unpaired) electrons. The van der Waals surface area contributed by atoms with Crippen LogP contribution in [0.1, 0.15) is 24.5 Å². The van der Waals surface area contributed by atoms with Gasteiger partial charge in [-0.3, -0.25) is 24.0 Å². The number of nitro groups is 1. The van der Waals surface area contributed by atoms with Crippen LogP contribution in [0.2, 0.25) is 5.02 Å². The smallest absolute Gasteiger partial charge is 0.271 e. The lowest BCUT2D eigenvalue weighted by Gasteiger charge is -2.32. The molecule has 0 fully saturated rings. The fraction of sp³-hybridized carbons (Fsp3) is 0.364. The van der Waals surface area contributed by atoms with Gasteiger partial charge in [0.25, 0.3) is 5.69 Å². The van der Waals surface area contributed by atoms with E-state index in [1.807, 2.05) is 0 Å². The Labute approximate surface area is 203 Å². The van der Waals surface area contributed by atoms with E-state index in [1.165, 1.54) is 24.1 Å². The Morgan fingerprint density at radius 1 is 1.18 bits per heavy atom. The third-order valence-electron chi connectivity index (χ3n) is 5.25. The summed E-state index contributed by atoms with van der Waals surface area (Å²) in [5.41, 5.74) is 0.838. The number of carbonyl (C=O) groups is 2. The van der Waals surface area contributed by atoms with Crippen LogP contribution in [0.15, 0.2) is 42.5 Å². The van der Waals surface area contributed by atoms with E-state index in [0.29, 0.717) is 16.1 Å². The third kappa shape index (κ3) is 6.67. The maximum Gasteiger partial charge on any atom is 0.271 e. The van der Waals surface area contributed by atoms with Crippen molar-refractivity contribution in [2.45, 2.75) is 32.9 Å². The maximum atomic E-state index is 13.5. The van der Waals surface area contributed by atoms with Gasteiger partial charge >= 0.3 is 0 Å². The summed E-state index contributed by atoms with van der Waals surface area (Å²) in [7, 11) is -2.55. The van der Waals surface area contributed by atoms with E-state index in [2.05, 4.69) is 5.32 Å². The average molecular weight is 511 g/mol. The number of halogens is 1. The fourth-order valence-corrected chi connectivity index (χ4v) is 4.47. The quantitative estimate of drug-likeness (QED) is 0.386. The highest BCUT2D eigenvalue weighted by molar-refractivity contribution is 7.92. The lowest BCUT2D eigenvalue weighted by Crippen LogP contribution is -2.51. The minimum Gasteiger partial charge on any atom is -0.357 e. The molecule has 1 N–H and O–H groups in total. The molecule has 1 atom stereocenters. The van der Waals surface area contributed by atoms with E-state index in [1.54, 1.807) is 38.1 Å². The van der Waals surface area contributed by atoms with Gasteiger partial charge in [-0.1, -0.05) is 36.7 Å². The van der Waals surface area contributed by atoms with Gasteiger partial charge in [0.05, 0.1) is 16.9 Å². The molecular weight excluding hydrogens is 484 g/mol. The summed E-state index contributed by atoms with van der Waals surface area (Å²) in [6.45, 7) is 2.73. The molecule has 2 aromatic rings. The number of hydrogen-bond acceptors (Lipinski definition) is 6. The van der Waals surface area contributed by atoms with Crippen LogP contribution in [0.25, 0.3) is 0 Å². The Morgan fingerprint density at radius 2 is 1.79 bits per heavy atom. The van der Waals surface area contributed by atoms with Crippen molar-refractivity contribution in [3.8, 4) is 0 Å². The molecule has 0 aromatic heterocycles. The fourth-order valence-electron chi connectivity index (χ4n) is 3.45. The van der Waals surface area contributed by atoms with Crippen LogP contribution in [0.4, 0.5) is 11.4 Å². The summed E-state index contributed by atoms with van der Waals surface area (Å²) in [6.07, 6.45) is 1.20. The summed E-state index contributed by atoms with van der Waals surface area (Å²) in [4.78, 5) is 37.9. The molecule has 0 saturated heterocycles. The molecule has 0 aliphatic carbocycles. The molecule has 0 unspecified atom stereocenters. The van der Waals surface area contributed by atoms with Crippen molar-refractivity contribution in [3.05, 3.63) is 68.7 Å². The first kappa shape index (κ1) is 27.1. The van der Waals surface area contributed by atoms with Gasteiger partial charge in [0, 0.05) is 30.7 Å². The van der Waals surface area contributed by atoms with Gasteiger partial charge in [0.2, 0.25) is 21.8 Å². The number of nitrogens with zero attached hydrogens (tertiary/aromatic N) is 3. The first-order valence-corrected chi connectivity index (χ1v) is 12.6. The molecule has 2 rings (SSSR count). The highest BCUT2D eigenvalue weighted by Gasteiger charge is 2.32. The van der Waals surface area contributed by atoms with Gasteiger partial charge in [-0.2, -0.15) is 0 Å². The number of likely N-dealkylation sites (N-methyl/N-ethyl adjacent to an activating group) is 1. The number of nitro benzene ring substituents is 1. The zero-order chi connectivity index (χ0) is 25.6. The summed E-state index contributed by atoms with van der Waals surface area (Å²) < 4.78 is 26.1. The van der Waals surface area contributed by atoms with Gasteiger partial charge in [-0.25, -0.2) is 8.42 Å². The predicted octanol–water partition coefficient (Wildman–Crippen LogP) is 2.88. The second-order valence-corrected chi connectivity index (χ2v) is 10.0. The minimum absolute atomic E-state index is 0.0180. The third-order valence-corrected chi connectivity index (χ3v) is 6.63. The van der Waals surface area contributed by atoms with E-state index < -0.39 is 39.3 Å². The van der Waals surface area contributed by atoms with Crippen molar-refractivity contribution >= 4 is 44.8 Å². The molecule has 0 heterocycles. The molecule has 0 saturated carbocycles. The highest BCUT2D eigenvalue weighted by Crippen LogP contribution is 2.28. The highest BCUT2D eigenvalue weighted by atomic mass is 35.5. The Morgan fingerprint density at radius 3 is 2.29 bits per heavy atom. The molecule has 2 aromatic carbocycles. The Hall–Kier alpha value is -3.18. The van der Waals surface area contributed by atoms with Crippen molar-refractivity contribution in [1.29, 1.82) is 0 Å². The Kier molecular flexibility index (Phi) is 9.00. The van der Waals surface area contributed by atoms with Crippen LogP contribution in [0.3, 0.4) is 0 Å². The van der Waals surface area contributed by atoms with Gasteiger partial charge < -0.3 is 10.2 Å². The zero-order valence-corrected chi connectivity index (χ0v) is 20.9. The van der Waals surface area contributed by atoms with E-state index in [9.17, 15) is 28.1 Å². The van der Waals surface area contributed by atoms with E-state index >= 15 is 0 Å². The van der Waals surface area contributed by atoms with Crippen molar-refractivity contribution in [2.75, 3.05) is 24.2 Å². The summed E-state index contributed by atoms with van der Waals surface area (Å²) in [5.74, 6) is -1.04. The molecule has 34 heavy (non-hydrogen) atoms. The van der Waals surface area contributed by atoms with Crippen LogP contribution in [0, 0.1) is 17.0 Å². The molecule has 10 nitrogen and oxygen atoms in total. The number of nitrogens with one attached hydrogen (secondary N) is 1. The number of non-ortho nitro benzene ring substituents is 1. The van der Waals surface area contributed by atoms with Crippen LogP contribution in [-0.4, -0.2) is 55.9 Å². The minimum atomic E-state index is -4.00. The number of carbonyl (C=O) groups excluding carboxylic acids is 2. The SMILES string of the molecule is CC[C@@H](C(=O)NC)N(Cc1ccc(Cl)cc1)C(=O)CN(c1cc([N+](=O)[O-])ccc1C)S(C)(=O)=O. The topological polar surface area (TPSA) is 130 Å². The molecular formula is C22H27ClN4O6S. The molecule has 0 aliphatic rings. The van der Waals surface area contributed by atoms with Gasteiger partial charge in [0.15, 0.2) is 0 Å². The van der Waals surface area contributed by atoms with Crippen LogP contribution in [-0.2, 0) is 26.2 Å². The van der Waals surface area contributed by atoms with E-state index in [-0.39, 0.29) is 24.3 Å². The summed E-state index contributed by atoms with van der Waals surface area (Å²) in [5, 5.41) is 14.3. The second kappa shape index (κ2) is 11.3. The van der Waals surface area contributed by atoms with E-state index in [0.717, 1.165) is 16.6 Å². The van der Waals surface area contributed by atoms with Crippen LogP contribution in [0.5, 0.6) is 0 Å². The standard InChI is InChI=1S/C22H27ClN4O6S/c1-5-19(22(29)24-3)25(13-16-7-9-17(23)10-8-16)21(28)14-26(34(4,32)33)20-12-18(27(30)31)11-6-15(20)2/h6-12,19H,5,13-14H2,1-4H3,(H,24,29)/t19-/m0/s1. The number of amides is 2. The van der Waals surface area contributed by atoms with Gasteiger partial charge in [-0.15, -0.1) is 0 Å². The Bertz CT molecular complexity index is 1170. The molecule has 184 valence electrons. The number of anilines is 1. The first-order chi connectivity index (χ1) is 15.9. The van der Waals surface area contributed by atoms with Crippen molar-refractivity contribution in [3.63, 3.8) is 0 Å². The van der Waals surface area contributed by atoms with Crippen LogP contribution < -0.4 is 9.62 Å². The molecule has 2 amide bonds. The molecule has 0 aliphatic heterocycles. The molecule has 12 heteroatoms. The summed E-state index contributed by atoms with van der Waals surface area (Å²) >= 11 is 5.94. The monoisotopic (exact) mass is 510 g/mol. The number of sulfonamides is 1. The number of aryl methyl sites for hydroxylation is 1. The van der Waals surface area contributed by atoms with Gasteiger partial charge in [-0.05, 0) is 36.6 Å². The molecule has 0 spiro atoms. The first-order valence-electron chi connectivity index (χ1n) is 10.4.